The Morgan fingerprint density at radius 3 is 1.21 bits per heavy atom. The van der Waals surface area contributed by atoms with Crippen molar-refractivity contribution >= 4 is 24.2 Å². The molecule has 2 rings (SSSR count). The Hall–Kier alpha value is -4.48. The number of ether oxygens (including phenoxy) is 6. The molecule has 0 bridgehead atoms. The second-order valence-corrected chi connectivity index (χ2v) is 8.06. The molecule has 0 spiro atoms. The maximum atomic E-state index is 12.1. The third-order valence-corrected chi connectivity index (χ3v) is 5.49. The lowest BCUT2D eigenvalue weighted by Crippen LogP contribution is -2.18. The van der Waals surface area contributed by atoms with E-state index in [1.165, 1.54) is 55.1 Å². The van der Waals surface area contributed by atoms with Crippen molar-refractivity contribution in [3.63, 3.8) is 0 Å². The number of unbranched alkanes of at least 4 members (excludes halogenated alkanes) is 2. The maximum absolute atomic E-state index is 12.1. The van der Waals surface area contributed by atoms with Gasteiger partial charge in [0.25, 0.3) is 0 Å². The van der Waals surface area contributed by atoms with Crippen LogP contribution in [0.4, 0.5) is 0 Å². The Balaban J connectivity index is 1.71. The fourth-order valence-electron chi connectivity index (χ4n) is 3.57. The van der Waals surface area contributed by atoms with E-state index in [0.717, 1.165) is 0 Å². The summed E-state index contributed by atoms with van der Waals surface area (Å²) < 4.78 is 31.8. The molecule has 0 aliphatic rings. The molecule has 0 aromatic heterocycles. The van der Waals surface area contributed by atoms with E-state index in [1.54, 1.807) is 24.3 Å². The van der Waals surface area contributed by atoms with Crippen LogP contribution in [0.15, 0.2) is 34.5 Å². The summed E-state index contributed by atoms with van der Waals surface area (Å²) in [5.41, 5.74) is 6.33. The van der Waals surface area contributed by atoms with Crippen LogP contribution in [0, 0.1) is 0 Å². The molecule has 12 heteroatoms. The molecule has 0 unspecified atom stereocenters. The number of hydrogen-bond donors (Lipinski definition) is 2. The smallest absolute Gasteiger partial charge is 0.240 e. The van der Waals surface area contributed by atoms with E-state index < -0.39 is 0 Å². The molecule has 0 saturated carbocycles. The van der Waals surface area contributed by atoms with Crippen LogP contribution in [0.2, 0.25) is 0 Å². The topological polar surface area (TPSA) is 138 Å². The van der Waals surface area contributed by atoms with Crippen molar-refractivity contribution in [3.8, 4) is 34.5 Å². The van der Waals surface area contributed by atoms with Crippen LogP contribution >= 0.6 is 0 Å². The zero-order valence-electron chi connectivity index (χ0n) is 23.2. The molecule has 0 atom stereocenters. The molecule has 0 radical (unpaired) electrons. The van der Waals surface area contributed by atoms with Crippen LogP contribution in [0.5, 0.6) is 34.5 Å². The second kappa shape index (κ2) is 16.4. The number of carbonyl (C=O) groups excluding carboxylic acids is 2. The van der Waals surface area contributed by atoms with E-state index in [9.17, 15) is 9.59 Å². The van der Waals surface area contributed by atoms with Crippen molar-refractivity contribution in [2.75, 3.05) is 42.7 Å². The van der Waals surface area contributed by atoms with Crippen LogP contribution in [0.3, 0.4) is 0 Å². The highest BCUT2D eigenvalue weighted by atomic mass is 16.5. The molecule has 0 heterocycles. The summed E-state index contributed by atoms with van der Waals surface area (Å²) in [5.74, 6) is 2.44. The molecule has 2 amide bonds. The van der Waals surface area contributed by atoms with Crippen molar-refractivity contribution in [3.05, 3.63) is 35.4 Å². The van der Waals surface area contributed by atoms with Crippen molar-refractivity contribution in [1.29, 1.82) is 0 Å². The molecular formula is C27H36N4O8. The van der Waals surface area contributed by atoms with Crippen LogP contribution in [-0.2, 0) is 9.59 Å². The first kappa shape index (κ1) is 30.7. The van der Waals surface area contributed by atoms with Gasteiger partial charge >= 0.3 is 0 Å². The third-order valence-electron chi connectivity index (χ3n) is 5.49. The number of nitrogens with one attached hydrogen (secondary N) is 2. The quantitative estimate of drug-likeness (QED) is 0.187. The number of hydrogen-bond acceptors (Lipinski definition) is 10. The normalized spacial score (nSPS) is 10.8. The summed E-state index contributed by atoms with van der Waals surface area (Å²) in [6.45, 7) is 0. The van der Waals surface area contributed by atoms with Crippen molar-refractivity contribution < 1.29 is 38.0 Å². The minimum absolute atomic E-state index is 0.224. The van der Waals surface area contributed by atoms with Crippen LogP contribution in [0.25, 0.3) is 0 Å². The molecule has 2 aromatic rings. The Bertz CT molecular complexity index is 1030. The van der Waals surface area contributed by atoms with E-state index in [1.807, 2.05) is 0 Å². The minimum atomic E-state index is -0.224. The molecule has 0 aliphatic carbocycles. The molecule has 2 aromatic carbocycles. The summed E-state index contributed by atoms with van der Waals surface area (Å²) in [4.78, 5) is 24.1. The van der Waals surface area contributed by atoms with Crippen molar-refractivity contribution in [1.82, 2.24) is 10.9 Å². The fraction of sp³-hybridized carbons (Fsp3) is 0.407. The van der Waals surface area contributed by atoms with Gasteiger partial charge in [0.2, 0.25) is 23.3 Å². The number of carbonyl (C=O) groups is 2. The summed E-state index contributed by atoms with van der Waals surface area (Å²) in [5, 5.41) is 7.97. The Labute approximate surface area is 228 Å². The zero-order chi connectivity index (χ0) is 28.6. The van der Waals surface area contributed by atoms with Gasteiger partial charge in [-0.25, -0.2) is 10.9 Å². The lowest BCUT2D eigenvalue weighted by Gasteiger charge is -2.12. The van der Waals surface area contributed by atoms with E-state index in [2.05, 4.69) is 21.1 Å². The van der Waals surface area contributed by atoms with Gasteiger partial charge in [0.1, 0.15) is 0 Å². The van der Waals surface area contributed by atoms with Crippen LogP contribution in [0.1, 0.15) is 43.2 Å². The predicted molar refractivity (Wildman–Crippen MR) is 147 cm³/mol. The van der Waals surface area contributed by atoms with Gasteiger partial charge in [-0.15, -0.1) is 0 Å². The van der Waals surface area contributed by atoms with Crippen LogP contribution in [-0.4, -0.2) is 66.9 Å². The van der Waals surface area contributed by atoms with Gasteiger partial charge in [0, 0.05) is 24.0 Å². The number of benzene rings is 2. The Morgan fingerprint density at radius 2 is 0.923 bits per heavy atom. The fourth-order valence-corrected chi connectivity index (χ4v) is 3.57. The predicted octanol–water partition coefficient (Wildman–Crippen LogP) is 3.29. The van der Waals surface area contributed by atoms with Gasteiger partial charge < -0.3 is 28.4 Å². The van der Waals surface area contributed by atoms with Gasteiger partial charge in [-0.1, -0.05) is 6.42 Å². The highest BCUT2D eigenvalue weighted by Crippen LogP contribution is 2.38. The first-order valence-electron chi connectivity index (χ1n) is 12.1. The minimum Gasteiger partial charge on any atom is -0.493 e. The summed E-state index contributed by atoms with van der Waals surface area (Å²) in [6.07, 6.45) is 5.49. The van der Waals surface area contributed by atoms with Gasteiger partial charge in [-0.3, -0.25) is 9.59 Å². The second-order valence-electron chi connectivity index (χ2n) is 8.06. The zero-order valence-corrected chi connectivity index (χ0v) is 23.2. The van der Waals surface area contributed by atoms with Crippen molar-refractivity contribution in [2.24, 2.45) is 10.2 Å². The summed E-state index contributed by atoms with van der Waals surface area (Å²) in [7, 11) is 9.13. The van der Waals surface area contributed by atoms with E-state index >= 15 is 0 Å². The number of methoxy groups -OCH3 is 6. The molecule has 39 heavy (non-hydrogen) atoms. The number of amides is 2. The number of rotatable bonds is 16. The largest absolute Gasteiger partial charge is 0.493 e. The Morgan fingerprint density at radius 1 is 0.590 bits per heavy atom. The van der Waals surface area contributed by atoms with E-state index in [4.69, 9.17) is 28.4 Å². The first-order valence-corrected chi connectivity index (χ1v) is 12.1. The molecule has 2 N–H and O–H groups in total. The van der Waals surface area contributed by atoms with E-state index in [0.29, 0.717) is 64.9 Å². The lowest BCUT2D eigenvalue weighted by atomic mass is 10.1. The highest BCUT2D eigenvalue weighted by Gasteiger charge is 2.13. The number of hydrazone groups is 2. The molecular weight excluding hydrogens is 508 g/mol. The summed E-state index contributed by atoms with van der Waals surface area (Å²) >= 11 is 0. The lowest BCUT2D eigenvalue weighted by molar-refractivity contribution is -0.121. The average molecular weight is 545 g/mol. The van der Waals surface area contributed by atoms with E-state index in [-0.39, 0.29) is 24.7 Å². The number of nitrogens with zero attached hydrogens (tertiary/aromatic N) is 2. The molecule has 12 nitrogen and oxygen atoms in total. The summed E-state index contributed by atoms with van der Waals surface area (Å²) in [6, 6.07) is 6.88. The van der Waals surface area contributed by atoms with Crippen molar-refractivity contribution in [2.45, 2.75) is 32.1 Å². The average Bonchev–Trinajstić information content (AvgIpc) is 2.95. The molecule has 0 aliphatic heterocycles. The molecule has 0 saturated heterocycles. The van der Waals surface area contributed by atoms with Gasteiger partial charge in [0.05, 0.1) is 55.1 Å². The van der Waals surface area contributed by atoms with Crippen LogP contribution < -0.4 is 39.3 Å². The SMILES string of the molecule is COc1cc(/C=N\NC(=O)CCCCCC(=O)N/N=C\c2cc(OC)c(OC)c(OC)c2)cc(OC)c1OC. The standard InChI is InChI=1S/C27H36N4O8/c1-34-20-12-18(13-21(35-2)26(20)38-5)16-28-30-24(32)10-8-7-9-11-25(33)31-29-17-19-14-22(36-3)27(39-6)23(15-19)37-4/h12-17H,7-11H2,1-6H3,(H,30,32)(H,31,33)/b28-16-,29-17-. The molecule has 212 valence electrons. The van der Waals surface area contributed by atoms with Gasteiger partial charge in [-0.05, 0) is 37.1 Å². The first-order chi connectivity index (χ1) is 18.9. The molecule has 0 fully saturated rings. The maximum Gasteiger partial charge on any atom is 0.240 e. The Kier molecular flexibility index (Phi) is 12.9. The van der Waals surface area contributed by atoms with Gasteiger partial charge in [0.15, 0.2) is 23.0 Å². The third kappa shape index (κ3) is 9.40. The highest BCUT2D eigenvalue weighted by molar-refractivity contribution is 5.85. The monoisotopic (exact) mass is 544 g/mol. The van der Waals surface area contributed by atoms with Gasteiger partial charge in [-0.2, -0.15) is 10.2 Å².